The molecular formula is C16H15. The van der Waals surface area contributed by atoms with Crippen LogP contribution in [-0.2, 0) is 11.8 Å². The van der Waals surface area contributed by atoms with Crippen LogP contribution in [0.3, 0.4) is 0 Å². The summed E-state index contributed by atoms with van der Waals surface area (Å²) in [6.07, 6.45) is 3.51. The fraction of sp³-hybridized carbons (Fsp3) is 0.188. The lowest BCUT2D eigenvalue weighted by Crippen LogP contribution is -2.20. The maximum absolute atomic E-state index is 2.42. The van der Waals surface area contributed by atoms with E-state index in [9.17, 15) is 0 Å². The highest BCUT2D eigenvalue weighted by molar-refractivity contribution is 5.51. The molecular weight excluding hydrogens is 192 g/mol. The summed E-state index contributed by atoms with van der Waals surface area (Å²) in [5, 5.41) is 0. The van der Waals surface area contributed by atoms with Crippen molar-refractivity contribution in [1.29, 1.82) is 0 Å². The molecule has 1 atom stereocenters. The summed E-state index contributed by atoms with van der Waals surface area (Å²) in [6.45, 7) is 2.31. The van der Waals surface area contributed by atoms with Gasteiger partial charge in [0.2, 0.25) is 0 Å². The van der Waals surface area contributed by atoms with Gasteiger partial charge in [-0.3, -0.25) is 0 Å². The smallest absolute Gasteiger partial charge is 0.0211 e. The predicted molar refractivity (Wildman–Crippen MR) is 67.3 cm³/mol. The van der Waals surface area contributed by atoms with E-state index < -0.39 is 0 Å². The first-order valence-electron chi connectivity index (χ1n) is 5.79. The third-order valence-corrected chi connectivity index (χ3v) is 3.68. The first kappa shape index (κ1) is 9.65. The predicted octanol–water partition coefficient (Wildman–Crippen LogP) is 3.75. The standard InChI is InChI=1S/C16H15/c1-16(14-8-3-2-4-9-14)12-11-13-7-5-6-10-15(13)16/h2-10,12H,11H2,1H3. The highest BCUT2D eigenvalue weighted by atomic mass is 14.4. The largest absolute Gasteiger partial charge is 0.0622 e. The van der Waals surface area contributed by atoms with Gasteiger partial charge in [0.15, 0.2) is 0 Å². The molecule has 1 radical (unpaired) electrons. The van der Waals surface area contributed by atoms with Crippen molar-refractivity contribution in [2.75, 3.05) is 0 Å². The average molecular weight is 207 g/mol. The Morgan fingerprint density at radius 2 is 1.56 bits per heavy atom. The molecule has 3 rings (SSSR count). The van der Waals surface area contributed by atoms with Crippen LogP contribution in [0.1, 0.15) is 23.6 Å². The van der Waals surface area contributed by atoms with Gasteiger partial charge >= 0.3 is 0 Å². The van der Waals surface area contributed by atoms with E-state index in [-0.39, 0.29) is 5.41 Å². The summed E-state index contributed by atoms with van der Waals surface area (Å²) in [6, 6.07) is 19.5. The van der Waals surface area contributed by atoms with Crippen molar-refractivity contribution in [3.63, 3.8) is 0 Å². The minimum Gasteiger partial charge on any atom is -0.0622 e. The zero-order chi connectivity index (χ0) is 11.0. The molecule has 0 amide bonds. The average Bonchev–Trinajstić information content (AvgIpc) is 2.71. The summed E-state index contributed by atoms with van der Waals surface area (Å²) in [4.78, 5) is 0. The van der Waals surface area contributed by atoms with E-state index in [1.165, 1.54) is 16.7 Å². The Hall–Kier alpha value is -1.56. The van der Waals surface area contributed by atoms with Crippen LogP contribution < -0.4 is 0 Å². The quantitative estimate of drug-likeness (QED) is 0.668. The first-order valence-corrected chi connectivity index (χ1v) is 5.79. The molecule has 0 heteroatoms. The van der Waals surface area contributed by atoms with Crippen molar-refractivity contribution in [1.82, 2.24) is 0 Å². The lowest BCUT2D eigenvalue weighted by Gasteiger charge is -2.25. The lowest BCUT2D eigenvalue weighted by molar-refractivity contribution is 0.688. The number of benzene rings is 2. The molecule has 0 heterocycles. The van der Waals surface area contributed by atoms with Crippen LogP contribution in [0, 0.1) is 6.42 Å². The molecule has 0 aromatic heterocycles. The number of rotatable bonds is 1. The van der Waals surface area contributed by atoms with Gasteiger partial charge in [-0.05, 0) is 29.5 Å². The van der Waals surface area contributed by atoms with E-state index in [1.54, 1.807) is 0 Å². The highest BCUT2D eigenvalue weighted by Crippen LogP contribution is 2.42. The molecule has 2 aromatic rings. The Bertz CT molecular complexity index is 498. The zero-order valence-electron chi connectivity index (χ0n) is 9.48. The van der Waals surface area contributed by atoms with Gasteiger partial charge in [0, 0.05) is 5.41 Å². The topological polar surface area (TPSA) is 0 Å². The molecule has 0 bridgehead atoms. The number of hydrogen-bond donors (Lipinski definition) is 0. The van der Waals surface area contributed by atoms with Crippen LogP contribution in [-0.4, -0.2) is 0 Å². The van der Waals surface area contributed by atoms with Gasteiger partial charge in [0.05, 0.1) is 0 Å². The Balaban J connectivity index is 2.15. The summed E-state index contributed by atoms with van der Waals surface area (Å²) in [5.74, 6) is 0. The molecule has 0 fully saturated rings. The Kier molecular flexibility index (Phi) is 2.10. The Morgan fingerprint density at radius 3 is 2.38 bits per heavy atom. The second-order valence-electron chi connectivity index (χ2n) is 4.63. The molecule has 0 saturated heterocycles. The summed E-state index contributed by atoms with van der Waals surface area (Å²) in [5.41, 5.74) is 4.41. The van der Waals surface area contributed by atoms with E-state index in [0.29, 0.717) is 0 Å². The van der Waals surface area contributed by atoms with Crippen LogP contribution in [0.15, 0.2) is 54.6 Å². The number of hydrogen-bond acceptors (Lipinski definition) is 0. The molecule has 0 saturated carbocycles. The third-order valence-electron chi connectivity index (χ3n) is 3.68. The van der Waals surface area contributed by atoms with E-state index in [1.807, 2.05) is 0 Å². The summed E-state index contributed by atoms with van der Waals surface area (Å²) >= 11 is 0. The normalized spacial score (nSPS) is 23.1. The monoisotopic (exact) mass is 207 g/mol. The van der Waals surface area contributed by atoms with Crippen LogP contribution in [0.4, 0.5) is 0 Å². The van der Waals surface area contributed by atoms with Gasteiger partial charge in [0.25, 0.3) is 0 Å². The van der Waals surface area contributed by atoms with E-state index in [2.05, 4.69) is 67.9 Å². The van der Waals surface area contributed by atoms with Crippen LogP contribution in [0.2, 0.25) is 0 Å². The molecule has 0 nitrogen and oxygen atoms in total. The Labute approximate surface area is 96.9 Å². The molecule has 16 heavy (non-hydrogen) atoms. The molecule has 0 spiro atoms. The van der Waals surface area contributed by atoms with Gasteiger partial charge < -0.3 is 0 Å². The summed E-state index contributed by atoms with van der Waals surface area (Å²) < 4.78 is 0. The van der Waals surface area contributed by atoms with Crippen LogP contribution in [0.5, 0.6) is 0 Å². The van der Waals surface area contributed by atoms with Crippen molar-refractivity contribution in [3.05, 3.63) is 77.7 Å². The number of fused-ring (bicyclic) bond motifs is 1. The van der Waals surface area contributed by atoms with Gasteiger partial charge in [-0.1, -0.05) is 61.5 Å². The maximum atomic E-state index is 2.42. The summed E-state index contributed by atoms with van der Waals surface area (Å²) in [7, 11) is 0. The van der Waals surface area contributed by atoms with Gasteiger partial charge in [-0.2, -0.15) is 0 Å². The van der Waals surface area contributed by atoms with Crippen molar-refractivity contribution in [3.8, 4) is 0 Å². The molecule has 1 aliphatic carbocycles. The SMILES string of the molecule is CC1(c2ccccc2)[CH]Cc2ccccc21. The Morgan fingerprint density at radius 1 is 0.875 bits per heavy atom. The van der Waals surface area contributed by atoms with Crippen molar-refractivity contribution < 1.29 is 0 Å². The van der Waals surface area contributed by atoms with E-state index in [4.69, 9.17) is 0 Å². The molecule has 2 aromatic carbocycles. The minimum atomic E-state index is 0.0951. The molecule has 1 aliphatic rings. The van der Waals surface area contributed by atoms with Crippen molar-refractivity contribution >= 4 is 0 Å². The fourth-order valence-corrected chi connectivity index (χ4v) is 2.69. The first-order chi connectivity index (χ1) is 7.81. The van der Waals surface area contributed by atoms with Gasteiger partial charge in [0.1, 0.15) is 0 Å². The highest BCUT2D eigenvalue weighted by Gasteiger charge is 2.35. The third kappa shape index (κ3) is 1.30. The fourth-order valence-electron chi connectivity index (χ4n) is 2.69. The minimum absolute atomic E-state index is 0.0951. The van der Waals surface area contributed by atoms with E-state index >= 15 is 0 Å². The molecule has 79 valence electrons. The van der Waals surface area contributed by atoms with Crippen molar-refractivity contribution in [2.24, 2.45) is 0 Å². The zero-order valence-corrected chi connectivity index (χ0v) is 9.48. The molecule has 0 N–H and O–H groups in total. The second-order valence-corrected chi connectivity index (χ2v) is 4.63. The van der Waals surface area contributed by atoms with E-state index in [0.717, 1.165) is 6.42 Å². The lowest BCUT2D eigenvalue weighted by atomic mass is 9.77. The molecule has 1 unspecified atom stereocenters. The second kappa shape index (κ2) is 3.48. The van der Waals surface area contributed by atoms with Gasteiger partial charge in [-0.15, -0.1) is 0 Å². The van der Waals surface area contributed by atoms with Gasteiger partial charge in [-0.25, -0.2) is 0 Å². The van der Waals surface area contributed by atoms with Crippen LogP contribution in [0.25, 0.3) is 0 Å². The molecule has 0 aliphatic heterocycles. The maximum Gasteiger partial charge on any atom is 0.0211 e. The van der Waals surface area contributed by atoms with Crippen molar-refractivity contribution in [2.45, 2.75) is 18.8 Å². The van der Waals surface area contributed by atoms with Crippen LogP contribution >= 0.6 is 0 Å².